The van der Waals surface area contributed by atoms with E-state index in [2.05, 4.69) is 5.32 Å². The van der Waals surface area contributed by atoms with E-state index < -0.39 is 10.8 Å². The summed E-state index contributed by atoms with van der Waals surface area (Å²) in [6.07, 6.45) is 0. The van der Waals surface area contributed by atoms with Crippen molar-refractivity contribution in [2.45, 2.75) is 13.8 Å². The van der Waals surface area contributed by atoms with E-state index >= 15 is 0 Å². The molecule has 0 unspecified atom stereocenters. The van der Waals surface area contributed by atoms with E-state index in [0.717, 1.165) is 0 Å². The first-order valence-electron chi connectivity index (χ1n) is 5.82. The number of nitro groups is 1. The number of amides is 1. The number of ether oxygens (including phenoxy) is 2. The molecule has 0 radical (unpaired) electrons. The Morgan fingerprint density at radius 2 is 2.05 bits per heavy atom. The highest BCUT2D eigenvalue weighted by atomic mass is 16.6. The predicted molar refractivity (Wildman–Crippen MR) is 68.8 cm³/mol. The monoisotopic (exact) mass is 268 g/mol. The fourth-order valence-electron chi connectivity index (χ4n) is 1.57. The molecule has 0 fully saturated rings. The molecule has 0 aromatic heterocycles. The molecular formula is C12H16N2O5. The average Bonchev–Trinajstić information content (AvgIpc) is 2.38. The van der Waals surface area contributed by atoms with Gasteiger partial charge in [0, 0.05) is 12.6 Å². The highest BCUT2D eigenvalue weighted by Gasteiger charge is 2.24. The van der Waals surface area contributed by atoms with Crippen molar-refractivity contribution in [1.29, 1.82) is 0 Å². The molecule has 0 aliphatic carbocycles. The lowest BCUT2D eigenvalue weighted by Gasteiger charge is -2.11. The minimum absolute atomic E-state index is 0.0489. The number of benzene rings is 1. The number of nitrogens with one attached hydrogen (secondary N) is 1. The first-order chi connectivity index (χ1) is 9.04. The van der Waals surface area contributed by atoms with Gasteiger partial charge in [0.05, 0.1) is 24.7 Å². The zero-order chi connectivity index (χ0) is 14.4. The lowest BCUT2D eigenvalue weighted by Crippen LogP contribution is -2.23. The van der Waals surface area contributed by atoms with Gasteiger partial charge >= 0.3 is 0 Å². The summed E-state index contributed by atoms with van der Waals surface area (Å²) >= 11 is 0. The van der Waals surface area contributed by atoms with E-state index in [1.807, 2.05) is 0 Å². The third kappa shape index (κ3) is 3.34. The van der Waals surface area contributed by atoms with E-state index in [0.29, 0.717) is 13.2 Å². The minimum atomic E-state index is -0.619. The zero-order valence-corrected chi connectivity index (χ0v) is 11.1. The maximum Gasteiger partial charge on any atom is 0.286 e. The summed E-state index contributed by atoms with van der Waals surface area (Å²) in [4.78, 5) is 22.2. The second-order valence-corrected chi connectivity index (χ2v) is 3.57. The van der Waals surface area contributed by atoms with Crippen LogP contribution in [-0.4, -0.2) is 31.1 Å². The molecule has 1 aromatic rings. The third-order valence-electron chi connectivity index (χ3n) is 2.36. The van der Waals surface area contributed by atoms with Gasteiger partial charge in [0.1, 0.15) is 5.56 Å². The molecule has 0 saturated heterocycles. The van der Waals surface area contributed by atoms with Crippen LogP contribution < -0.4 is 14.8 Å². The van der Waals surface area contributed by atoms with Crippen molar-refractivity contribution in [2.75, 3.05) is 20.3 Å². The molecule has 0 aliphatic rings. The van der Waals surface area contributed by atoms with Crippen LogP contribution >= 0.6 is 0 Å². The van der Waals surface area contributed by atoms with Crippen molar-refractivity contribution in [2.24, 2.45) is 0 Å². The van der Waals surface area contributed by atoms with Crippen LogP contribution in [0.15, 0.2) is 12.1 Å². The predicted octanol–water partition coefficient (Wildman–Crippen LogP) is 1.75. The molecule has 104 valence electrons. The smallest absolute Gasteiger partial charge is 0.286 e. The quantitative estimate of drug-likeness (QED) is 0.627. The van der Waals surface area contributed by atoms with Gasteiger partial charge in [0.2, 0.25) is 0 Å². The molecule has 0 heterocycles. The normalized spacial score (nSPS) is 9.84. The van der Waals surface area contributed by atoms with Gasteiger partial charge in [0.25, 0.3) is 11.6 Å². The standard InChI is InChI=1S/C12H16N2O5/c1-4-13-12(15)8-6-10(18-3)11(19-5-2)7-9(8)14(16)17/h6-7H,4-5H2,1-3H3,(H,13,15). The lowest BCUT2D eigenvalue weighted by molar-refractivity contribution is -0.385. The molecule has 0 atom stereocenters. The van der Waals surface area contributed by atoms with Crippen molar-refractivity contribution in [1.82, 2.24) is 5.32 Å². The highest BCUT2D eigenvalue weighted by molar-refractivity contribution is 5.99. The number of carbonyl (C=O) groups excluding carboxylic acids is 1. The number of methoxy groups -OCH3 is 1. The Hall–Kier alpha value is -2.31. The zero-order valence-electron chi connectivity index (χ0n) is 11.1. The first-order valence-corrected chi connectivity index (χ1v) is 5.82. The van der Waals surface area contributed by atoms with Crippen molar-refractivity contribution in [3.8, 4) is 11.5 Å². The van der Waals surface area contributed by atoms with Crippen molar-refractivity contribution in [3.63, 3.8) is 0 Å². The molecule has 7 nitrogen and oxygen atoms in total. The molecule has 1 amide bonds. The number of nitrogens with zero attached hydrogens (tertiary/aromatic N) is 1. The van der Waals surface area contributed by atoms with Crippen molar-refractivity contribution >= 4 is 11.6 Å². The maximum absolute atomic E-state index is 11.8. The second kappa shape index (κ2) is 6.58. The van der Waals surface area contributed by atoms with Crippen LogP contribution in [0.2, 0.25) is 0 Å². The molecule has 1 rings (SSSR count). The van der Waals surface area contributed by atoms with Gasteiger partial charge in [-0.2, -0.15) is 0 Å². The Morgan fingerprint density at radius 1 is 1.37 bits per heavy atom. The van der Waals surface area contributed by atoms with Gasteiger partial charge in [-0.05, 0) is 13.8 Å². The summed E-state index contributed by atoms with van der Waals surface area (Å²) in [6.45, 7) is 4.21. The second-order valence-electron chi connectivity index (χ2n) is 3.57. The summed E-state index contributed by atoms with van der Waals surface area (Å²) in [5, 5.41) is 13.5. The van der Waals surface area contributed by atoms with Crippen LogP contribution in [0, 0.1) is 10.1 Å². The Kier molecular flexibility index (Phi) is 5.11. The molecule has 0 bridgehead atoms. The van der Waals surface area contributed by atoms with E-state index in [1.54, 1.807) is 13.8 Å². The van der Waals surface area contributed by atoms with Gasteiger partial charge in [0.15, 0.2) is 11.5 Å². The summed E-state index contributed by atoms with van der Waals surface area (Å²) in [7, 11) is 1.41. The Balaban J connectivity index is 3.35. The number of nitro benzene ring substituents is 1. The Labute approximate surface area is 110 Å². The maximum atomic E-state index is 11.8. The highest BCUT2D eigenvalue weighted by Crippen LogP contribution is 2.34. The summed E-state index contributed by atoms with van der Waals surface area (Å²) in [5.41, 5.74) is -0.359. The van der Waals surface area contributed by atoms with E-state index in [-0.39, 0.29) is 22.7 Å². The molecule has 7 heteroatoms. The lowest BCUT2D eigenvalue weighted by atomic mass is 10.1. The van der Waals surface area contributed by atoms with Gasteiger partial charge in [-0.1, -0.05) is 0 Å². The number of hydrogen-bond donors (Lipinski definition) is 1. The Morgan fingerprint density at radius 3 is 2.53 bits per heavy atom. The van der Waals surface area contributed by atoms with Gasteiger partial charge in [-0.3, -0.25) is 14.9 Å². The number of rotatable bonds is 6. The average molecular weight is 268 g/mol. The topological polar surface area (TPSA) is 90.7 Å². The van der Waals surface area contributed by atoms with Crippen LogP contribution in [-0.2, 0) is 0 Å². The molecule has 19 heavy (non-hydrogen) atoms. The fraction of sp³-hybridized carbons (Fsp3) is 0.417. The van der Waals surface area contributed by atoms with Crippen LogP contribution in [0.25, 0.3) is 0 Å². The van der Waals surface area contributed by atoms with Gasteiger partial charge in [-0.25, -0.2) is 0 Å². The molecule has 1 aromatic carbocycles. The minimum Gasteiger partial charge on any atom is -0.493 e. The SMILES string of the molecule is CCNC(=O)c1cc(OC)c(OCC)cc1[N+](=O)[O-]. The fourth-order valence-corrected chi connectivity index (χ4v) is 1.57. The van der Waals surface area contributed by atoms with Crippen molar-refractivity contribution < 1.29 is 19.2 Å². The largest absolute Gasteiger partial charge is 0.493 e. The van der Waals surface area contributed by atoms with Crippen molar-refractivity contribution in [3.05, 3.63) is 27.8 Å². The van der Waals surface area contributed by atoms with Gasteiger partial charge < -0.3 is 14.8 Å². The summed E-state index contributed by atoms with van der Waals surface area (Å²) < 4.78 is 10.3. The van der Waals surface area contributed by atoms with E-state index in [9.17, 15) is 14.9 Å². The van der Waals surface area contributed by atoms with Crippen LogP contribution in [0.4, 0.5) is 5.69 Å². The van der Waals surface area contributed by atoms with Crippen LogP contribution in [0.5, 0.6) is 11.5 Å². The molecule has 1 N–H and O–H groups in total. The van der Waals surface area contributed by atoms with E-state index in [4.69, 9.17) is 9.47 Å². The molecule has 0 spiro atoms. The van der Waals surface area contributed by atoms with E-state index in [1.165, 1.54) is 19.2 Å². The molecular weight excluding hydrogens is 252 g/mol. The first kappa shape index (κ1) is 14.7. The number of hydrogen-bond acceptors (Lipinski definition) is 5. The van der Waals surface area contributed by atoms with Crippen LogP contribution in [0.3, 0.4) is 0 Å². The Bertz CT molecular complexity index is 487. The van der Waals surface area contributed by atoms with Crippen LogP contribution in [0.1, 0.15) is 24.2 Å². The molecule has 0 aliphatic heterocycles. The summed E-state index contributed by atoms with van der Waals surface area (Å²) in [5.74, 6) is 0.00833. The summed E-state index contributed by atoms with van der Waals surface area (Å²) in [6, 6.07) is 2.51. The molecule has 0 saturated carbocycles. The third-order valence-corrected chi connectivity index (χ3v) is 2.36. The number of carbonyl (C=O) groups is 1. The van der Waals surface area contributed by atoms with Gasteiger partial charge in [-0.15, -0.1) is 0 Å².